The minimum absolute atomic E-state index is 0.427. The predicted molar refractivity (Wildman–Crippen MR) is 46.0 cm³/mol. The number of rotatable bonds is 4. The second-order valence-electron chi connectivity index (χ2n) is 1.61. The van der Waals surface area contributed by atoms with Crippen molar-refractivity contribution in [3.8, 4) is 0 Å². The van der Waals surface area contributed by atoms with Gasteiger partial charge < -0.3 is 5.73 Å². The quantitative estimate of drug-likeness (QED) is 0.458. The molecule has 0 radical (unpaired) electrons. The number of aliphatic imine (C=N–C) groups is 1. The first-order valence-electron chi connectivity index (χ1n) is 3.02. The molecule has 0 bridgehead atoms. The summed E-state index contributed by atoms with van der Waals surface area (Å²) in [5, 5.41) is 0. The number of hydrogen-bond acceptors (Lipinski definition) is 2. The maximum Gasteiger partial charge on any atom is 0.0539 e. The van der Waals surface area contributed by atoms with Crippen LogP contribution in [0.2, 0.25) is 0 Å². The highest BCUT2D eigenvalue weighted by Gasteiger charge is 1.82. The van der Waals surface area contributed by atoms with E-state index in [1.54, 1.807) is 24.4 Å². The lowest BCUT2D eigenvalue weighted by atomic mass is 10.4. The molecule has 0 aromatic heterocycles. The van der Waals surface area contributed by atoms with Gasteiger partial charge in [-0.15, -0.1) is 0 Å². The molecule has 0 rings (SSSR count). The van der Waals surface area contributed by atoms with Crippen molar-refractivity contribution in [2.24, 2.45) is 10.7 Å². The normalized spacial score (nSPS) is 11.9. The maximum absolute atomic E-state index is 5.34. The molecule has 10 heavy (non-hydrogen) atoms. The summed E-state index contributed by atoms with van der Waals surface area (Å²) in [4.78, 5) is 3.97. The highest BCUT2D eigenvalue weighted by Crippen LogP contribution is 1.91. The molecule has 0 unspecified atom stereocenters. The fourth-order valence-electron chi connectivity index (χ4n) is 0.448. The van der Waals surface area contributed by atoms with Crippen molar-refractivity contribution in [2.45, 2.75) is 0 Å². The average Bonchev–Trinajstić information content (AvgIpc) is 1.98. The minimum atomic E-state index is 0.427. The van der Waals surface area contributed by atoms with Gasteiger partial charge in [0.15, 0.2) is 0 Å². The van der Waals surface area contributed by atoms with Crippen LogP contribution in [0.15, 0.2) is 42.1 Å². The van der Waals surface area contributed by atoms with Gasteiger partial charge in [-0.25, -0.2) is 0 Å². The molecular weight excluding hydrogens is 124 g/mol. The van der Waals surface area contributed by atoms with Gasteiger partial charge in [0.1, 0.15) is 0 Å². The number of nitrogens with zero attached hydrogens (tertiary/aromatic N) is 1. The van der Waals surface area contributed by atoms with Crippen molar-refractivity contribution >= 4 is 6.21 Å². The van der Waals surface area contributed by atoms with Crippen LogP contribution in [0.4, 0.5) is 0 Å². The van der Waals surface area contributed by atoms with E-state index in [-0.39, 0.29) is 0 Å². The van der Waals surface area contributed by atoms with E-state index in [1.807, 2.05) is 0 Å². The van der Waals surface area contributed by atoms with Crippen molar-refractivity contribution in [2.75, 3.05) is 6.54 Å². The summed E-state index contributed by atoms with van der Waals surface area (Å²) in [5.74, 6) is 0. The molecule has 0 amide bonds. The van der Waals surface area contributed by atoms with E-state index in [9.17, 15) is 0 Å². The van der Waals surface area contributed by atoms with Crippen LogP contribution in [0.5, 0.6) is 0 Å². The third-order valence-electron chi connectivity index (χ3n) is 0.865. The van der Waals surface area contributed by atoms with E-state index in [0.717, 1.165) is 5.70 Å². The van der Waals surface area contributed by atoms with Crippen molar-refractivity contribution < 1.29 is 0 Å². The molecule has 0 fully saturated rings. The van der Waals surface area contributed by atoms with Crippen LogP contribution >= 0.6 is 0 Å². The fraction of sp³-hybridized carbons (Fsp3) is 0.125. The van der Waals surface area contributed by atoms with E-state index in [0.29, 0.717) is 6.54 Å². The van der Waals surface area contributed by atoms with Crippen molar-refractivity contribution in [3.63, 3.8) is 0 Å². The smallest absolute Gasteiger partial charge is 0.0539 e. The second kappa shape index (κ2) is 5.98. The zero-order chi connectivity index (χ0) is 7.82. The standard InChI is InChI=1S/C8H12N2/c1-3-5-8(7-9)10-6-4-2/h3-6H,1-2,7,9H2/b8-5-,10-6?. The van der Waals surface area contributed by atoms with Gasteiger partial charge in [-0.3, -0.25) is 4.99 Å². The lowest BCUT2D eigenvalue weighted by Crippen LogP contribution is -2.00. The minimum Gasteiger partial charge on any atom is -0.325 e. The molecule has 2 nitrogen and oxygen atoms in total. The molecule has 0 aliphatic heterocycles. The fourth-order valence-corrected chi connectivity index (χ4v) is 0.448. The van der Waals surface area contributed by atoms with Gasteiger partial charge >= 0.3 is 0 Å². The van der Waals surface area contributed by atoms with Gasteiger partial charge in [-0.1, -0.05) is 25.3 Å². The molecule has 0 saturated carbocycles. The molecular formula is C8H12N2. The van der Waals surface area contributed by atoms with E-state index in [1.165, 1.54) is 0 Å². The molecule has 0 saturated heterocycles. The van der Waals surface area contributed by atoms with Crippen molar-refractivity contribution in [1.82, 2.24) is 0 Å². The van der Waals surface area contributed by atoms with Crippen LogP contribution in [0, 0.1) is 0 Å². The Morgan fingerprint density at radius 3 is 2.50 bits per heavy atom. The first kappa shape index (κ1) is 8.85. The molecule has 0 aromatic rings. The second-order valence-corrected chi connectivity index (χ2v) is 1.61. The molecule has 2 N–H and O–H groups in total. The highest BCUT2D eigenvalue weighted by atomic mass is 14.8. The summed E-state index contributed by atoms with van der Waals surface area (Å²) in [6.45, 7) is 7.44. The summed E-state index contributed by atoms with van der Waals surface area (Å²) in [7, 11) is 0. The third kappa shape index (κ3) is 3.80. The Bertz CT molecular complexity index is 166. The van der Waals surface area contributed by atoms with Crippen LogP contribution < -0.4 is 5.73 Å². The van der Waals surface area contributed by atoms with E-state index in [2.05, 4.69) is 18.2 Å². The first-order valence-corrected chi connectivity index (χ1v) is 3.02. The molecule has 0 aliphatic carbocycles. The summed E-state index contributed by atoms with van der Waals surface area (Å²) < 4.78 is 0. The van der Waals surface area contributed by atoms with Gasteiger partial charge in [-0.2, -0.15) is 0 Å². The number of hydrogen-bond donors (Lipinski definition) is 1. The average molecular weight is 136 g/mol. The van der Waals surface area contributed by atoms with Crippen LogP contribution in [0.25, 0.3) is 0 Å². The SMILES string of the molecule is C=CC=N/C(=C\C=C)CN. The summed E-state index contributed by atoms with van der Waals surface area (Å²) in [5.41, 5.74) is 6.14. The Balaban J connectivity index is 4.06. The Morgan fingerprint density at radius 1 is 1.40 bits per heavy atom. The van der Waals surface area contributed by atoms with Gasteiger partial charge in [0.25, 0.3) is 0 Å². The largest absolute Gasteiger partial charge is 0.325 e. The van der Waals surface area contributed by atoms with E-state index in [4.69, 9.17) is 5.73 Å². The molecule has 0 spiro atoms. The number of nitrogens with two attached hydrogens (primary N) is 1. The van der Waals surface area contributed by atoms with Crippen LogP contribution in [0.3, 0.4) is 0 Å². The molecule has 0 aromatic carbocycles. The van der Waals surface area contributed by atoms with Crippen molar-refractivity contribution in [3.05, 3.63) is 37.1 Å². The zero-order valence-corrected chi connectivity index (χ0v) is 5.96. The molecule has 0 heterocycles. The van der Waals surface area contributed by atoms with E-state index < -0.39 is 0 Å². The molecule has 54 valence electrons. The zero-order valence-electron chi connectivity index (χ0n) is 5.96. The maximum atomic E-state index is 5.34. The van der Waals surface area contributed by atoms with Crippen molar-refractivity contribution in [1.29, 1.82) is 0 Å². The van der Waals surface area contributed by atoms with E-state index >= 15 is 0 Å². The third-order valence-corrected chi connectivity index (χ3v) is 0.865. The van der Waals surface area contributed by atoms with Gasteiger partial charge in [-0.05, 0) is 6.08 Å². The molecule has 0 aliphatic rings. The Kier molecular flexibility index (Phi) is 5.29. The lowest BCUT2D eigenvalue weighted by Gasteiger charge is -1.91. The molecule has 0 atom stereocenters. The summed E-state index contributed by atoms with van der Waals surface area (Å²) in [6, 6.07) is 0. The lowest BCUT2D eigenvalue weighted by molar-refractivity contribution is 1.11. The van der Waals surface area contributed by atoms with Crippen LogP contribution in [-0.2, 0) is 0 Å². The molecule has 2 heteroatoms. The van der Waals surface area contributed by atoms with Gasteiger partial charge in [0, 0.05) is 12.8 Å². The first-order chi connectivity index (χ1) is 4.85. The van der Waals surface area contributed by atoms with Crippen LogP contribution in [-0.4, -0.2) is 12.8 Å². The highest BCUT2D eigenvalue weighted by molar-refractivity contribution is 5.71. The Morgan fingerprint density at radius 2 is 2.10 bits per heavy atom. The number of allylic oxidation sites excluding steroid dienone is 3. The van der Waals surface area contributed by atoms with Crippen LogP contribution in [0.1, 0.15) is 0 Å². The monoisotopic (exact) mass is 136 g/mol. The summed E-state index contributed by atoms with van der Waals surface area (Å²) >= 11 is 0. The topological polar surface area (TPSA) is 38.4 Å². The Hall–Kier alpha value is -1.15. The van der Waals surface area contributed by atoms with Gasteiger partial charge in [0.2, 0.25) is 0 Å². The summed E-state index contributed by atoms with van der Waals surface area (Å²) in [6.07, 6.45) is 6.62. The van der Waals surface area contributed by atoms with Gasteiger partial charge in [0.05, 0.1) is 5.70 Å². The Labute approximate surface area is 61.5 Å². The predicted octanol–water partition coefficient (Wildman–Crippen LogP) is 1.27.